The van der Waals surface area contributed by atoms with E-state index < -0.39 is 35.7 Å². The molecule has 15 heteroatoms. The molecule has 0 aromatic heterocycles. The van der Waals surface area contributed by atoms with Crippen molar-refractivity contribution >= 4 is 58.7 Å². The molecule has 12 nitrogen and oxygen atoms in total. The molecule has 1 unspecified atom stereocenters. The van der Waals surface area contributed by atoms with Crippen molar-refractivity contribution in [3.63, 3.8) is 0 Å². The number of hydrogen-bond acceptors (Lipinski definition) is 12. The van der Waals surface area contributed by atoms with Crippen molar-refractivity contribution in [2.75, 3.05) is 46.7 Å². The highest BCUT2D eigenvalue weighted by Gasteiger charge is 2.40. The van der Waals surface area contributed by atoms with Crippen LogP contribution in [0.2, 0.25) is 15.1 Å². The number of benzene rings is 2. The molecular formula is C39H46Cl3N3O9. The normalized spacial score (nSPS) is 15.9. The fourth-order valence-electron chi connectivity index (χ4n) is 6.12. The number of dihydropyridines is 2. The Morgan fingerprint density at radius 3 is 1.65 bits per heavy atom. The number of nitrogens with two attached hydrogens (primary N) is 1. The smallest absolute Gasteiger partial charge is 0.336 e. The number of hydrogen-bond donors (Lipinski definition) is 3. The van der Waals surface area contributed by atoms with E-state index >= 15 is 0 Å². The Balaban J connectivity index is 0.000000291. The lowest BCUT2D eigenvalue weighted by Gasteiger charge is -2.31. The second kappa shape index (κ2) is 20.9. The van der Waals surface area contributed by atoms with E-state index in [2.05, 4.69) is 10.6 Å². The zero-order chi connectivity index (χ0) is 40.1. The van der Waals surface area contributed by atoms with Gasteiger partial charge in [-0.25, -0.2) is 19.2 Å². The highest BCUT2D eigenvalue weighted by atomic mass is 35.5. The van der Waals surface area contributed by atoms with Crippen LogP contribution in [0.15, 0.2) is 87.5 Å². The maximum absolute atomic E-state index is 12.9. The SMILES string of the molecule is CCOC(=O)C1=C(C)NC(C)=C(C(=O)OCC)C1c1ccc(Cl)cc1Cl.CCOC(=O)C1=C(COCCN)NC(C)=C(C(=O)OC)C1c1ccccc1Cl. The van der Waals surface area contributed by atoms with E-state index in [-0.39, 0.29) is 32.0 Å². The molecule has 0 fully saturated rings. The maximum Gasteiger partial charge on any atom is 0.336 e. The molecule has 2 aromatic rings. The van der Waals surface area contributed by atoms with Crippen LogP contribution in [0, 0.1) is 0 Å². The van der Waals surface area contributed by atoms with Gasteiger partial charge in [0.2, 0.25) is 0 Å². The van der Waals surface area contributed by atoms with Crippen LogP contribution in [0.25, 0.3) is 0 Å². The molecule has 54 heavy (non-hydrogen) atoms. The Morgan fingerprint density at radius 2 is 1.15 bits per heavy atom. The van der Waals surface area contributed by atoms with Gasteiger partial charge in [0, 0.05) is 38.7 Å². The summed E-state index contributed by atoms with van der Waals surface area (Å²) in [5, 5.41) is 7.42. The molecule has 4 rings (SSSR count). The third-order valence-corrected chi connectivity index (χ3v) is 9.20. The van der Waals surface area contributed by atoms with E-state index in [1.165, 1.54) is 7.11 Å². The first-order valence-corrected chi connectivity index (χ1v) is 18.4. The standard InChI is InChI=1S/C20H25ClN2O5.C19H21Cl2NO4/c1-4-28-20(25)18-15(11-27-10-9-22)23-12(2)16(19(24)26-3)17(18)13-7-5-6-8-14(13)21;1-5-25-18(23)15-10(3)22-11(4)16(19(24)26-6-2)17(15)13-8-7-12(20)9-14(13)21/h5-8,17,23H,4,9-11,22H2,1-3H3;7-9,17,22H,5-6H2,1-4H3. The molecule has 1 atom stereocenters. The van der Waals surface area contributed by atoms with Crippen LogP contribution in [-0.2, 0) is 42.9 Å². The lowest BCUT2D eigenvalue weighted by molar-refractivity contribution is -0.141. The molecule has 2 aromatic carbocycles. The van der Waals surface area contributed by atoms with E-state index in [1.807, 2.05) is 0 Å². The predicted molar refractivity (Wildman–Crippen MR) is 207 cm³/mol. The van der Waals surface area contributed by atoms with E-state index in [4.69, 9.17) is 64.2 Å². The van der Waals surface area contributed by atoms with Crippen molar-refractivity contribution in [1.29, 1.82) is 0 Å². The van der Waals surface area contributed by atoms with Crippen molar-refractivity contribution in [1.82, 2.24) is 10.6 Å². The number of rotatable bonds is 13. The molecule has 292 valence electrons. The van der Waals surface area contributed by atoms with Crippen molar-refractivity contribution < 1.29 is 42.9 Å². The Hall–Kier alpha value is -4.33. The summed E-state index contributed by atoms with van der Waals surface area (Å²) in [6.07, 6.45) is 0. The van der Waals surface area contributed by atoms with Gasteiger partial charge < -0.3 is 40.1 Å². The highest BCUT2D eigenvalue weighted by Crippen LogP contribution is 2.43. The number of carbonyl (C=O) groups excluding carboxylic acids is 4. The number of nitrogens with one attached hydrogen (secondary N) is 2. The van der Waals surface area contributed by atoms with Gasteiger partial charge in [-0.3, -0.25) is 0 Å². The van der Waals surface area contributed by atoms with Gasteiger partial charge in [0.25, 0.3) is 0 Å². The molecule has 2 aliphatic rings. The van der Waals surface area contributed by atoms with Crippen molar-refractivity contribution in [2.45, 2.75) is 53.4 Å². The predicted octanol–water partition coefficient (Wildman–Crippen LogP) is 6.62. The van der Waals surface area contributed by atoms with Crippen LogP contribution < -0.4 is 16.4 Å². The van der Waals surface area contributed by atoms with E-state index in [0.717, 1.165) is 0 Å². The zero-order valence-electron chi connectivity index (χ0n) is 31.3. The molecule has 2 aliphatic heterocycles. The summed E-state index contributed by atoms with van der Waals surface area (Å²) in [4.78, 5) is 50.7. The topological polar surface area (TPSA) is 165 Å². The molecule has 0 amide bonds. The Bertz CT molecular complexity index is 1830. The van der Waals surface area contributed by atoms with Gasteiger partial charge in [0.1, 0.15) is 0 Å². The summed E-state index contributed by atoms with van der Waals surface area (Å²) < 4.78 is 26.2. The summed E-state index contributed by atoms with van der Waals surface area (Å²) >= 11 is 18.8. The van der Waals surface area contributed by atoms with Gasteiger partial charge in [0.05, 0.1) is 80.0 Å². The summed E-state index contributed by atoms with van der Waals surface area (Å²) in [7, 11) is 1.29. The minimum Gasteiger partial charge on any atom is -0.466 e. The van der Waals surface area contributed by atoms with Gasteiger partial charge in [-0.1, -0.05) is 59.1 Å². The second-order valence-electron chi connectivity index (χ2n) is 11.8. The minimum absolute atomic E-state index is 0.109. The Labute approximate surface area is 330 Å². The van der Waals surface area contributed by atoms with Gasteiger partial charge in [-0.15, -0.1) is 0 Å². The first-order valence-electron chi connectivity index (χ1n) is 17.2. The van der Waals surface area contributed by atoms with Crippen LogP contribution in [0.3, 0.4) is 0 Å². The summed E-state index contributed by atoms with van der Waals surface area (Å²) in [6.45, 7) is 11.8. The van der Waals surface area contributed by atoms with Crippen LogP contribution in [0.5, 0.6) is 0 Å². The van der Waals surface area contributed by atoms with Gasteiger partial charge >= 0.3 is 23.9 Å². The molecule has 2 heterocycles. The summed E-state index contributed by atoms with van der Waals surface area (Å²) in [5.74, 6) is -3.60. The van der Waals surface area contributed by atoms with Gasteiger partial charge in [-0.2, -0.15) is 0 Å². The summed E-state index contributed by atoms with van der Waals surface area (Å²) in [6, 6.07) is 12.0. The summed E-state index contributed by atoms with van der Waals surface area (Å²) in [5.41, 5.74) is 10.1. The molecule has 0 saturated heterocycles. The lowest BCUT2D eigenvalue weighted by Crippen LogP contribution is -2.35. The molecule has 0 radical (unpaired) electrons. The number of halogens is 3. The Kier molecular flexibility index (Phi) is 17.1. The monoisotopic (exact) mass is 805 g/mol. The number of esters is 4. The van der Waals surface area contributed by atoms with Crippen LogP contribution in [0.4, 0.5) is 0 Å². The maximum atomic E-state index is 12.9. The van der Waals surface area contributed by atoms with Crippen LogP contribution >= 0.6 is 34.8 Å². The van der Waals surface area contributed by atoms with Gasteiger partial charge in [-0.05, 0) is 70.9 Å². The fraction of sp³-hybridized carbons (Fsp3) is 0.385. The van der Waals surface area contributed by atoms with E-state index in [0.29, 0.717) is 78.9 Å². The molecule has 0 bridgehead atoms. The molecule has 0 spiro atoms. The van der Waals surface area contributed by atoms with Crippen molar-refractivity contribution in [2.24, 2.45) is 5.73 Å². The second-order valence-corrected chi connectivity index (χ2v) is 13.1. The average molecular weight is 807 g/mol. The number of methoxy groups -OCH3 is 1. The average Bonchev–Trinajstić information content (AvgIpc) is 3.11. The quantitative estimate of drug-likeness (QED) is 0.113. The first kappa shape index (κ1) is 44.1. The number of ether oxygens (including phenoxy) is 5. The minimum atomic E-state index is -0.752. The number of allylic oxidation sites excluding steroid dienone is 3. The van der Waals surface area contributed by atoms with Crippen molar-refractivity contribution in [3.05, 3.63) is 114 Å². The molecule has 0 saturated carbocycles. The first-order chi connectivity index (χ1) is 25.8. The molecular weight excluding hydrogens is 761 g/mol. The van der Waals surface area contributed by atoms with Crippen LogP contribution in [0.1, 0.15) is 64.5 Å². The largest absolute Gasteiger partial charge is 0.466 e. The van der Waals surface area contributed by atoms with Crippen molar-refractivity contribution in [3.8, 4) is 0 Å². The third-order valence-electron chi connectivity index (χ3n) is 8.29. The van der Waals surface area contributed by atoms with Gasteiger partial charge in [0.15, 0.2) is 0 Å². The number of carbonyl (C=O) groups is 4. The third kappa shape index (κ3) is 10.5. The fourth-order valence-corrected chi connectivity index (χ4v) is 6.88. The molecule has 4 N–H and O–H groups in total. The van der Waals surface area contributed by atoms with E-state index in [9.17, 15) is 19.2 Å². The lowest BCUT2D eigenvalue weighted by atomic mass is 9.80. The Morgan fingerprint density at radius 1 is 0.667 bits per heavy atom. The molecule has 0 aliphatic carbocycles. The van der Waals surface area contributed by atoms with E-state index in [1.54, 1.807) is 84.0 Å². The zero-order valence-corrected chi connectivity index (χ0v) is 33.6. The van der Waals surface area contributed by atoms with Crippen LogP contribution in [-0.4, -0.2) is 70.6 Å². The highest BCUT2D eigenvalue weighted by molar-refractivity contribution is 6.35.